The maximum absolute atomic E-state index is 5.40. The molecule has 0 amide bonds. The van der Waals surface area contributed by atoms with Crippen LogP contribution in [0.3, 0.4) is 0 Å². The first-order valence-corrected chi connectivity index (χ1v) is 7.24. The Labute approximate surface area is 115 Å². The molecule has 0 saturated carbocycles. The summed E-state index contributed by atoms with van der Waals surface area (Å²) in [5.74, 6) is 0.965. The van der Waals surface area contributed by atoms with E-state index < -0.39 is 0 Å². The molecule has 0 atom stereocenters. The molecule has 2 aromatic rings. The van der Waals surface area contributed by atoms with Gasteiger partial charge in [-0.25, -0.2) is 0 Å². The summed E-state index contributed by atoms with van der Waals surface area (Å²) < 4.78 is 7.88. The zero-order chi connectivity index (χ0) is 13.6. The zero-order valence-electron chi connectivity index (χ0n) is 12.4. The highest BCUT2D eigenvalue weighted by Crippen LogP contribution is 2.40. The van der Waals surface area contributed by atoms with E-state index in [0.29, 0.717) is 5.41 Å². The summed E-state index contributed by atoms with van der Waals surface area (Å²) in [6.07, 6.45) is 3.67. The van der Waals surface area contributed by atoms with Crippen LogP contribution in [0.15, 0.2) is 18.2 Å². The first kappa shape index (κ1) is 12.6. The van der Waals surface area contributed by atoms with Crippen molar-refractivity contribution in [1.29, 1.82) is 0 Å². The van der Waals surface area contributed by atoms with Crippen LogP contribution < -0.4 is 4.74 Å². The van der Waals surface area contributed by atoms with Crippen molar-refractivity contribution < 1.29 is 4.74 Å². The number of fused-ring (bicyclic) bond motifs is 3. The molecule has 0 aliphatic heterocycles. The molecule has 1 aliphatic carbocycles. The van der Waals surface area contributed by atoms with Crippen LogP contribution in [0.5, 0.6) is 5.75 Å². The molecular formula is C17H23NO. The van der Waals surface area contributed by atoms with E-state index in [1.807, 2.05) is 0 Å². The van der Waals surface area contributed by atoms with E-state index in [1.165, 1.54) is 30.2 Å². The average Bonchev–Trinajstić information content (AvgIpc) is 2.69. The number of aromatic nitrogens is 1. The second-order valence-electron chi connectivity index (χ2n) is 6.39. The Morgan fingerprint density at radius 2 is 2.11 bits per heavy atom. The van der Waals surface area contributed by atoms with Crippen molar-refractivity contribution in [3.8, 4) is 5.75 Å². The van der Waals surface area contributed by atoms with Crippen LogP contribution in [0.2, 0.25) is 0 Å². The number of hydrogen-bond donors (Lipinski definition) is 0. The fourth-order valence-electron chi connectivity index (χ4n) is 3.45. The number of aryl methyl sites for hydroxylation is 1. The summed E-state index contributed by atoms with van der Waals surface area (Å²) in [5.41, 5.74) is 4.88. The molecular weight excluding hydrogens is 234 g/mol. The Morgan fingerprint density at radius 1 is 1.32 bits per heavy atom. The van der Waals surface area contributed by atoms with E-state index in [0.717, 1.165) is 12.3 Å². The predicted molar refractivity (Wildman–Crippen MR) is 80.0 cm³/mol. The molecule has 0 unspecified atom stereocenters. The van der Waals surface area contributed by atoms with Crippen LogP contribution >= 0.6 is 0 Å². The highest BCUT2D eigenvalue weighted by atomic mass is 16.5. The van der Waals surface area contributed by atoms with Crippen molar-refractivity contribution >= 4 is 10.9 Å². The molecule has 1 aliphatic rings. The summed E-state index contributed by atoms with van der Waals surface area (Å²) in [7, 11) is 1.74. The molecule has 2 nitrogen and oxygen atoms in total. The van der Waals surface area contributed by atoms with Crippen LogP contribution in [-0.4, -0.2) is 11.7 Å². The third kappa shape index (κ3) is 1.94. The Balaban J connectivity index is 2.27. The molecule has 0 bridgehead atoms. The lowest BCUT2D eigenvalue weighted by Crippen LogP contribution is -2.22. The van der Waals surface area contributed by atoms with Gasteiger partial charge < -0.3 is 9.30 Å². The smallest absolute Gasteiger partial charge is 0.119 e. The molecule has 3 rings (SSSR count). The van der Waals surface area contributed by atoms with Gasteiger partial charge in [0.2, 0.25) is 0 Å². The normalized spacial score (nSPS) is 17.5. The molecule has 1 heterocycles. The van der Waals surface area contributed by atoms with Gasteiger partial charge in [0, 0.05) is 23.1 Å². The minimum Gasteiger partial charge on any atom is -0.497 e. The van der Waals surface area contributed by atoms with Crippen molar-refractivity contribution in [3.63, 3.8) is 0 Å². The van der Waals surface area contributed by atoms with E-state index in [4.69, 9.17) is 4.74 Å². The van der Waals surface area contributed by atoms with Crippen molar-refractivity contribution in [2.24, 2.45) is 5.41 Å². The number of ether oxygens (including phenoxy) is 1. The second-order valence-corrected chi connectivity index (χ2v) is 6.39. The fourth-order valence-corrected chi connectivity index (χ4v) is 3.45. The second kappa shape index (κ2) is 4.29. The standard InChI is InChI=1S/C17H23NO/c1-5-18-15-7-6-12(19-4)10-13(15)14-11-17(2,3)9-8-16(14)18/h6-7,10H,5,8-9,11H2,1-4H3. The molecule has 19 heavy (non-hydrogen) atoms. The van der Waals surface area contributed by atoms with Gasteiger partial charge in [-0.05, 0) is 55.4 Å². The summed E-state index contributed by atoms with van der Waals surface area (Å²) >= 11 is 0. The van der Waals surface area contributed by atoms with Gasteiger partial charge in [0.05, 0.1) is 7.11 Å². The lowest BCUT2D eigenvalue weighted by molar-refractivity contribution is 0.311. The van der Waals surface area contributed by atoms with Gasteiger partial charge in [-0.15, -0.1) is 0 Å². The molecule has 0 spiro atoms. The quantitative estimate of drug-likeness (QED) is 0.787. The van der Waals surface area contributed by atoms with E-state index in [9.17, 15) is 0 Å². The highest BCUT2D eigenvalue weighted by Gasteiger charge is 2.29. The molecule has 102 valence electrons. The topological polar surface area (TPSA) is 14.2 Å². The number of hydrogen-bond acceptors (Lipinski definition) is 1. The van der Waals surface area contributed by atoms with E-state index in [2.05, 4.69) is 43.5 Å². The van der Waals surface area contributed by atoms with Crippen LogP contribution in [0.4, 0.5) is 0 Å². The lowest BCUT2D eigenvalue weighted by Gasteiger charge is -2.30. The summed E-state index contributed by atoms with van der Waals surface area (Å²) in [5, 5.41) is 1.39. The third-order valence-corrected chi connectivity index (χ3v) is 4.50. The van der Waals surface area contributed by atoms with Gasteiger partial charge in [0.25, 0.3) is 0 Å². The summed E-state index contributed by atoms with van der Waals surface area (Å²) in [6, 6.07) is 6.50. The fraction of sp³-hybridized carbons (Fsp3) is 0.529. The Kier molecular flexibility index (Phi) is 2.84. The van der Waals surface area contributed by atoms with Crippen molar-refractivity contribution in [1.82, 2.24) is 4.57 Å². The molecule has 0 radical (unpaired) electrons. The summed E-state index contributed by atoms with van der Waals surface area (Å²) in [4.78, 5) is 0. The van der Waals surface area contributed by atoms with Crippen LogP contribution in [0.1, 0.15) is 38.4 Å². The largest absolute Gasteiger partial charge is 0.497 e. The Morgan fingerprint density at radius 3 is 2.79 bits per heavy atom. The molecule has 1 aromatic heterocycles. The van der Waals surface area contributed by atoms with Crippen LogP contribution in [-0.2, 0) is 19.4 Å². The molecule has 0 fully saturated rings. The maximum atomic E-state index is 5.40. The van der Waals surface area contributed by atoms with Gasteiger partial charge in [-0.2, -0.15) is 0 Å². The SMILES string of the molecule is CCn1c2c(c3cc(OC)ccc31)CC(C)(C)CC2. The molecule has 0 N–H and O–H groups in total. The molecule has 2 heteroatoms. The number of methoxy groups -OCH3 is 1. The number of nitrogens with zero attached hydrogens (tertiary/aromatic N) is 1. The first-order valence-electron chi connectivity index (χ1n) is 7.24. The number of benzene rings is 1. The van der Waals surface area contributed by atoms with Crippen molar-refractivity contribution in [2.45, 2.75) is 46.6 Å². The summed E-state index contributed by atoms with van der Waals surface area (Å²) in [6.45, 7) is 8.05. The molecule has 0 saturated heterocycles. The van der Waals surface area contributed by atoms with Gasteiger partial charge >= 0.3 is 0 Å². The van der Waals surface area contributed by atoms with Crippen LogP contribution in [0, 0.1) is 5.41 Å². The van der Waals surface area contributed by atoms with Crippen LogP contribution in [0.25, 0.3) is 10.9 Å². The highest BCUT2D eigenvalue weighted by molar-refractivity contribution is 5.87. The van der Waals surface area contributed by atoms with Crippen molar-refractivity contribution in [3.05, 3.63) is 29.5 Å². The lowest BCUT2D eigenvalue weighted by atomic mass is 9.76. The minimum absolute atomic E-state index is 0.420. The van der Waals surface area contributed by atoms with Gasteiger partial charge in [0.15, 0.2) is 0 Å². The van der Waals surface area contributed by atoms with E-state index in [1.54, 1.807) is 18.4 Å². The monoisotopic (exact) mass is 257 g/mol. The minimum atomic E-state index is 0.420. The predicted octanol–water partition coefficient (Wildman–Crippen LogP) is 4.18. The van der Waals surface area contributed by atoms with E-state index in [-0.39, 0.29) is 0 Å². The van der Waals surface area contributed by atoms with Gasteiger partial charge in [-0.3, -0.25) is 0 Å². The van der Waals surface area contributed by atoms with Crippen molar-refractivity contribution in [2.75, 3.05) is 7.11 Å². The average molecular weight is 257 g/mol. The third-order valence-electron chi connectivity index (χ3n) is 4.50. The van der Waals surface area contributed by atoms with Gasteiger partial charge in [-0.1, -0.05) is 13.8 Å². The zero-order valence-corrected chi connectivity index (χ0v) is 12.4. The Bertz CT molecular complexity index is 622. The van der Waals surface area contributed by atoms with Gasteiger partial charge in [0.1, 0.15) is 5.75 Å². The van der Waals surface area contributed by atoms with E-state index >= 15 is 0 Å². The Hall–Kier alpha value is -1.44. The first-order chi connectivity index (χ1) is 9.05. The molecule has 1 aromatic carbocycles. The number of rotatable bonds is 2. The maximum Gasteiger partial charge on any atom is 0.119 e.